The number of nitrogens with one attached hydrogen (secondary N) is 1. The van der Waals surface area contributed by atoms with Gasteiger partial charge in [-0.15, -0.1) is 10.2 Å². The molecular formula is C29H24N4O2S3. The van der Waals surface area contributed by atoms with Gasteiger partial charge in [0.2, 0.25) is 0 Å². The van der Waals surface area contributed by atoms with E-state index < -0.39 is 0 Å². The summed E-state index contributed by atoms with van der Waals surface area (Å²) in [5.74, 6) is 1.56. The van der Waals surface area contributed by atoms with E-state index in [9.17, 15) is 4.79 Å². The number of ether oxygens (including phenoxy) is 1. The van der Waals surface area contributed by atoms with E-state index in [2.05, 4.69) is 63.2 Å². The van der Waals surface area contributed by atoms with Gasteiger partial charge < -0.3 is 4.74 Å². The summed E-state index contributed by atoms with van der Waals surface area (Å²) < 4.78 is 7.49. The number of thioether (sulfide) groups is 2. The van der Waals surface area contributed by atoms with Gasteiger partial charge in [-0.1, -0.05) is 120 Å². The number of carbonyl (C=O) groups is 1. The van der Waals surface area contributed by atoms with Crippen LogP contribution in [0.5, 0.6) is 5.75 Å². The fourth-order valence-corrected chi connectivity index (χ4v) is 6.45. The van der Waals surface area contributed by atoms with Crippen molar-refractivity contribution in [3.8, 4) is 5.75 Å². The highest BCUT2D eigenvalue weighted by molar-refractivity contribution is 8.03. The Kier molecular flexibility index (Phi) is 9.04. The summed E-state index contributed by atoms with van der Waals surface area (Å²) >= 11 is 4.50. The number of hydrazone groups is 1. The Bertz CT molecular complexity index is 1530. The second-order valence-corrected chi connectivity index (χ2v) is 11.6. The third-order valence-corrected chi connectivity index (χ3v) is 8.69. The lowest BCUT2D eigenvalue weighted by molar-refractivity contribution is -0.118. The standard InChI is InChI=1S/C29H24N4O2S3/c34-27(31-30-17-22-10-6-14-25(16-22)35-18-21-8-2-1-3-9-21)20-37-29-33-32-28(38-29)36-19-24-13-7-12-23-11-4-5-15-26(23)24/h1-17H,18-20H2,(H,31,34)/b30-17+. The van der Waals surface area contributed by atoms with Gasteiger partial charge in [0.15, 0.2) is 8.68 Å². The first-order chi connectivity index (χ1) is 18.7. The molecule has 0 saturated heterocycles. The van der Waals surface area contributed by atoms with E-state index in [1.54, 1.807) is 18.0 Å². The summed E-state index contributed by atoms with van der Waals surface area (Å²) in [7, 11) is 0. The van der Waals surface area contributed by atoms with Gasteiger partial charge in [0.25, 0.3) is 5.91 Å². The van der Waals surface area contributed by atoms with E-state index in [-0.39, 0.29) is 11.7 Å². The topological polar surface area (TPSA) is 76.5 Å². The highest BCUT2D eigenvalue weighted by atomic mass is 32.2. The van der Waals surface area contributed by atoms with Crippen LogP contribution in [0.2, 0.25) is 0 Å². The van der Waals surface area contributed by atoms with E-state index in [0.717, 1.165) is 31.3 Å². The molecule has 5 aromatic rings. The first-order valence-corrected chi connectivity index (χ1v) is 14.7. The predicted molar refractivity (Wildman–Crippen MR) is 157 cm³/mol. The first-order valence-electron chi connectivity index (χ1n) is 11.9. The van der Waals surface area contributed by atoms with Gasteiger partial charge in [0.1, 0.15) is 12.4 Å². The molecule has 1 heterocycles. The van der Waals surface area contributed by atoms with Crippen LogP contribution in [0.1, 0.15) is 16.7 Å². The molecule has 0 unspecified atom stereocenters. The molecule has 0 spiro atoms. The maximum atomic E-state index is 12.3. The number of nitrogens with zero attached hydrogens (tertiary/aromatic N) is 3. The van der Waals surface area contributed by atoms with Crippen molar-refractivity contribution in [2.75, 3.05) is 5.75 Å². The first kappa shape index (κ1) is 26.0. The summed E-state index contributed by atoms with van der Waals surface area (Å²) in [6, 6.07) is 32.3. The van der Waals surface area contributed by atoms with E-state index in [4.69, 9.17) is 4.74 Å². The fraction of sp³-hybridized carbons (Fsp3) is 0.103. The van der Waals surface area contributed by atoms with Gasteiger partial charge in [-0.05, 0) is 39.6 Å². The number of carbonyl (C=O) groups excluding carboxylic acids is 1. The van der Waals surface area contributed by atoms with Gasteiger partial charge in [-0.2, -0.15) is 5.10 Å². The molecule has 1 aromatic heterocycles. The Morgan fingerprint density at radius 1 is 0.895 bits per heavy atom. The number of fused-ring (bicyclic) bond motifs is 1. The SMILES string of the molecule is O=C(CSc1nnc(SCc2cccc3ccccc23)s1)N/N=C/c1cccc(OCc2ccccc2)c1. The van der Waals surface area contributed by atoms with Crippen molar-refractivity contribution in [2.24, 2.45) is 5.10 Å². The maximum Gasteiger partial charge on any atom is 0.250 e. The van der Waals surface area contributed by atoms with E-state index >= 15 is 0 Å². The zero-order valence-electron chi connectivity index (χ0n) is 20.3. The molecule has 0 aliphatic heterocycles. The second kappa shape index (κ2) is 13.2. The minimum absolute atomic E-state index is 0.206. The van der Waals surface area contributed by atoms with Gasteiger partial charge in [-0.3, -0.25) is 4.79 Å². The minimum Gasteiger partial charge on any atom is -0.489 e. The summed E-state index contributed by atoms with van der Waals surface area (Å²) in [5.41, 5.74) is 5.77. The molecule has 190 valence electrons. The molecule has 4 aromatic carbocycles. The quantitative estimate of drug-likeness (QED) is 0.109. The van der Waals surface area contributed by atoms with Crippen LogP contribution in [-0.2, 0) is 17.2 Å². The largest absolute Gasteiger partial charge is 0.489 e. The van der Waals surface area contributed by atoms with Crippen LogP contribution in [0.4, 0.5) is 0 Å². The van der Waals surface area contributed by atoms with Gasteiger partial charge in [0, 0.05) is 5.75 Å². The lowest BCUT2D eigenvalue weighted by Gasteiger charge is -2.06. The molecular weight excluding hydrogens is 533 g/mol. The molecule has 0 saturated carbocycles. The van der Waals surface area contributed by atoms with Crippen molar-refractivity contribution in [3.63, 3.8) is 0 Å². The molecule has 0 radical (unpaired) electrons. The summed E-state index contributed by atoms with van der Waals surface area (Å²) in [6.45, 7) is 0.490. The molecule has 38 heavy (non-hydrogen) atoms. The third-order valence-electron chi connectivity index (χ3n) is 5.46. The maximum absolute atomic E-state index is 12.3. The van der Waals surface area contributed by atoms with Crippen molar-refractivity contribution in [1.82, 2.24) is 15.6 Å². The Labute approximate surface area is 233 Å². The molecule has 0 aliphatic carbocycles. The molecule has 6 nitrogen and oxygen atoms in total. The Balaban J connectivity index is 1.06. The number of hydrogen-bond acceptors (Lipinski definition) is 8. The molecule has 0 atom stereocenters. The fourth-order valence-electron chi connectivity index (χ4n) is 3.64. The van der Waals surface area contributed by atoms with Crippen LogP contribution < -0.4 is 10.2 Å². The van der Waals surface area contributed by atoms with Crippen LogP contribution in [0.25, 0.3) is 10.8 Å². The van der Waals surface area contributed by atoms with Crippen molar-refractivity contribution in [2.45, 2.75) is 21.0 Å². The monoisotopic (exact) mass is 556 g/mol. The Hall–Kier alpha value is -3.66. The van der Waals surface area contributed by atoms with Crippen molar-refractivity contribution in [1.29, 1.82) is 0 Å². The minimum atomic E-state index is -0.206. The number of benzene rings is 4. The molecule has 1 N–H and O–H groups in total. The highest BCUT2D eigenvalue weighted by Crippen LogP contribution is 2.32. The lowest BCUT2D eigenvalue weighted by Crippen LogP contribution is -2.19. The molecule has 0 aliphatic rings. The average molecular weight is 557 g/mol. The van der Waals surface area contributed by atoms with Crippen molar-refractivity contribution in [3.05, 3.63) is 114 Å². The third kappa shape index (κ3) is 7.44. The molecule has 0 fully saturated rings. The van der Waals surface area contributed by atoms with E-state index in [1.165, 1.54) is 39.4 Å². The number of hydrogen-bond donors (Lipinski definition) is 1. The predicted octanol–water partition coefficient (Wildman–Crippen LogP) is 6.81. The Morgan fingerprint density at radius 2 is 1.66 bits per heavy atom. The highest BCUT2D eigenvalue weighted by Gasteiger charge is 2.09. The second-order valence-electron chi connectivity index (χ2n) is 8.19. The van der Waals surface area contributed by atoms with Crippen LogP contribution >= 0.6 is 34.9 Å². The summed E-state index contributed by atoms with van der Waals surface area (Å²) in [6.07, 6.45) is 1.60. The number of aromatic nitrogens is 2. The summed E-state index contributed by atoms with van der Waals surface area (Å²) in [5, 5.41) is 15.1. The average Bonchev–Trinajstić information content (AvgIpc) is 3.42. The van der Waals surface area contributed by atoms with Crippen molar-refractivity contribution < 1.29 is 9.53 Å². The smallest absolute Gasteiger partial charge is 0.250 e. The van der Waals surface area contributed by atoms with Crippen LogP contribution in [0.15, 0.2) is 111 Å². The number of rotatable bonds is 11. The molecule has 1 amide bonds. The van der Waals surface area contributed by atoms with E-state index in [1.807, 2.05) is 54.6 Å². The van der Waals surface area contributed by atoms with E-state index in [0.29, 0.717) is 6.61 Å². The normalized spacial score (nSPS) is 11.2. The lowest BCUT2D eigenvalue weighted by atomic mass is 10.1. The van der Waals surface area contributed by atoms with Crippen LogP contribution in [-0.4, -0.2) is 28.1 Å². The zero-order valence-corrected chi connectivity index (χ0v) is 22.8. The van der Waals surface area contributed by atoms with Gasteiger partial charge >= 0.3 is 0 Å². The zero-order chi connectivity index (χ0) is 26.0. The number of amides is 1. The van der Waals surface area contributed by atoms with Crippen LogP contribution in [0, 0.1) is 0 Å². The molecule has 9 heteroatoms. The molecule has 5 rings (SSSR count). The molecule has 0 bridgehead atoms. The van der Waals surface area contributed by atoms with Crippen molar-refractivity contribution >= 4 is 57.8 Å². The Morgan fingerprint density at radius 3 is 2.55 bits per heavy atom. The van der Waals surface area contributed by atoms with Gasteiger partial charge in [-0.25, -0.2) is 5.43 Å². The van der Waals surface area contributed by atoms with Gasteiger partial charge in [0.05, 0.1) is 12.0 Å². The summed E-state index contributed by atoms with van der Waals surface area (Å²) in [4.78, 5) is 12.3. The van der Waals surface area contributed by atoms with Crippen LogP contribution in [0.3, 0.4) is 0 Å².